The number of rotatable bonds is 8. The molecule has 0 saturated carbocycles. The number of hydrogen-bond acceptors (Lipinski definition) is 6. The first kappa shape index (κ1) is 25.9. The summed E-state index contributed by atoms with van der Waals surface area (Å²) in [5, 5.41) is 6.93. The molecule has 8 heteroatoms. The lowest BCUT2D eigenvalue weighted by molar-refractivity contribution is -0.127. The molecule has 1 saturated heterocycles. The molecule has 2 aliphatic rings. The third kappa shape index (κ3) is 5.55. The van der Waals surface area contributed by atoms with Crippen molar-refractivity contribution in [3.63, 3.8) is 0 Å². The molecular formula is C30H37N7O. The lowest BCUT2D eigenvalue weighted by Crippen LogP contribution is -2.36. The molecule has 1 amide bonds. The molecule has 5 rings (SSSR count). The number of allylic oxidation sites excluding steroid dienone is 4. The number of aromatic amines is 1. The highest BCUT2D eigenvalue weighted by Gasteiger charge is 2.31. The molecule has 1 aliphatic heterocycles. The molecule has 3 heterocycles. The number of carbonyl (C=O) groups excluding carboxylic acids is 1. The Morgan fingerprint density at radius 1 is 1.24 bits per heavy atom. The zero-order valence-corrected chi connectivity index (χ0v) is 22.6. The van der Waals surface area contributed by atoms with Crippen LogP contribution < -0.4 is 10.6 Å². The maximum absolute atomic E-state index is 13.2. The summed E-state index contributed by atoms with van der Waals surface area (Å²) in [5.74, 6) is 1.32. The number of nitrogens with one attached hydrogen (secondary N) is 3. The minimum absolute atomic E-state index is 0.0379. The van der Waals surface area contributed by atoms with E-state index in [4.69, 9.17) is 4.98 Å². The van der Waals surface area contributed by atoms with Crippen molar-refractivity contribution in [1.29, 1.82) is 0 Å². The van der Waals surface area contributed by atoms with Crippen molar-refractivity contribution in [2.24, 2.45) is 5.92 Å². The average Bonchev–Trinajstić information content (AvgIpc) is 3.17. The molecule has 2 unspecified atom stereocenters. The van der Waals surface area contributed by atoms with Crippen molar-refractivity contribution in [2.75, 3.05) is 31.5 Å². The van der Waals surface area contributed by atoms with Crippen LogP contribution in [0.1, 0.15) is 56.7 Å². The fraction of sp³-hybridized carbons (Fsp3) is 0.400. The first-order valence-corrected chi connectivity index (χ1v) is 13.5. The quantitative estimate of drug-likeness (QED) is 0.296. The summed E-state index contributed by atoms with van der Waals surface area (Å²) in [4.78, 5) is 32.8. The summed E-state index contributed by atoms with van der Waals surface area (Å²) in [6.07, 6.45) is 8.70. The van der Waals surface area contributed by atoms with Gasteiger partial charge in [0, 0.05) is 37.2 Å². The molecule has 2 atom stereocenters. The van der Waals surface area contributed by atoms with E-state index in [0.717, 1.165) is 90.7 Å². The van der Waals surface area contributed by atoms with Crippen LogP contribution >= 0.6 is 0 Å². The summed E-state index contributed by atoms with van der Waals surface area (Å²) < 4.78 is 0. The minimum Gasteiger partial charge on any atom is -0.347 e. The fourth-order valence-electron chi connectivity index (χ4n) is 5.21. The van der Waals surface area contributed by atoms with Crippen LogP contribution in [-0.4, -0.2) is 56.9 Å². The van der Waals surface area contributed by atoms with Crippen LogP contribution in [-0.2, 0) is 11.2 Å². The smallest absolute Gasteiger partial charge is 0.249 e. The Morgan fingerprint density at radius 3 is 2.87 bits per heavy atom. The van der Waals surface area contributed by atoms with E-state index in [0.29, 0.717) is 11.5 Å². The van der Waals surface area contributed by atoms with E-state index in [1.54, 1.807) is 6.20 Å². The highest BCUT2D eigenvalue weighted by Crippen LogP contribution is 2.34. The van der Waals surface area contributed by atoms with E-state index in [-0.39, 0.29) is 11.9 Å². The molecule has 3 N–H and O–H groups in total. The van der Waals surface area contributed by atoms with Gasteiger partial charge in [-0.2, -0.15) is 0 Å². The zero-order chi connectivity index (χ0) is 26.6. The Labute approximate surface area is 224 Å². The minimum atomic E-state index is 0.0379. The van der Waals surface area contributed by atoms with Crippen molar-refractivity contribution in [2.45, 2.75) is 46.1 Å². The summed E-state index contributed by atoms with van der Waals surface area (Å²) in [6.45, 7) is 13.6. The Kier molecular flexibility index (Phi) is 7.69. The number of imidazole rings is 1. The van der Waals surface area contributed by atoms with Crippen molar-refractivity contribution < 1.29 is 4.79 Å². The second-order valence-electron chi connectivity index (χ2n) is 10.4. The van der Waals surface area contributed by atoms with Gasteiger partial charge in [-0.05, 0) is 50.4 Å². The summed E-state index contributed by atoms with van der Waals surface area (Å²) in [7, 11) is 0. The number of anilines is 1. The SMILES string of the molecule is C=C(C)/C(=C\C=C(C)C(=O)N1CCNCC(CCC)C1)c1cnc2c(n1)C(Nc1nc3ccccc3[nH]1)C2. The lowest BCUT2D eigenvalue weighted by atomic mass is 9.92. The van der Waals surface area contributed by atoms with Gasteiger partial charge < -0.3 is 20.5 Å². The van der Waals surface area contributed by atoms with Crippen LogP contribution in [0.5, 0.6) is 0 Å². The van der Waals surface area contributed by atoms with Gasteiger partial charge in [0.05, 0.1) is 40.4 Å². The Morgan fingerprint density at radius 2 is 2.08 bits per heavy atom. The molecule has 1 aromatic carbocycles. The van der Waals surface area contributed by atoms with Crippen LogP contribution in [0.15, 0.2) is 60.3 Å². The Bertz CT molecular complexity index is 1370. The monoisotopic (exact) mass is 511 g/mol. The summed E-state index contributed by atoms with van der Waals surface area (Å²) in [6, 6.07) is 8.01. The maximum atomic E-state index is 13.2. The van der Waals surface area contributed by atoms with Crippen LogP contribution in [0.4, 0.5) is 5.95 Å². The number of aromatic nitrogens is 4. The van der Waals surface area contributed by atoms with Crippen molar-refractivity contribution >= 4 is 28.5 Å². The van der Waals surface area contributed by atoms with Crippen molar-refractivity contribution in [3.8, 4) is 0 Å². The maximum Gasteiger partial charge on any atom is 0.249 e. The summed E-state index contributed by atoms with van der Waals surface area (Å²) in [5.41, 5.74) is 7.05. The number of hydrogen-bond donors (Lipinski definition) is 3. The largest absolute Gasteiger partial charge is 0.347 e. The van der Waals surface area contributed by atoms with Gasteiger partial charge in [-0.3, -0.25) is 9.78 Å². The highest BCUT2D eigenvalue weighted by molar-refractivity contribution is 5.93. The number of para-hydroxylation sites is 2. The number of benzene rings is 1. The molecule has 8 nitrogen and oxygen atoms in total. The number of nitrogens with zero attached hydrogens (tertiary/aromatic N) is 4. The van der Waals surface area contributed by atoms with E-state index < -0.39 is 0 Å². The van der Waals surface area contributed by atoms with Crippen molar-refractivity contribution in [1.82, 2.24) is 30.2 Å². The topological polar surface area (TPSA) is 98.8 Å². The van der Waals surface area contributed by atoms with Crippen LogP contribution in [0.2, 0.25) is 0 Å². The van der Waals surface area contributed by atoms with Gasteiger partial charge in [0.25, 0.3) is 0 Å². The Hall–Kier alpha value is -3.78. The third-order valence-electron chi connectivity index (χ3n) is 7.33. The molecular weight excluding hydrogens is 474 g/mol. The molecule has 1 fully saturated rings. The van der Waals surface area contributed by atoms with Crippen molar-refractivity contribution in [3.05, 3.63) is 77.4 Å². The zero-order valence-electron chi connectivity index (χ0n) is 22.6. The molecule has 0 spiro atoms. The molecule has 38 heavy (non-hydrogen) atoms. The van der Waals surface area contributed by atoms with E-state index in [2.05, 4.69) is 39.1 Å². The first-order valence-electron chi connectivity index (χ1n) is 13.5. The molecule has 2 aromatic heterocycles. The highest BCUT2D eigenvalue weighted by atomic mass is 16.2. The predicted molar refractivity (Wildman–Crippen MR) is 153 cm³/mol. The number of fused-ring (bicyclic) bond motifs is 2. The number of carbonyl (C=O) groups is 1. The van der Waals surface area contributed by atoms with Gasteiger partial charge in [-0.15, -0.1) is 0 Å². The van der Waals surface area contributed by atoms with Gasteiger partial charge in [0.1, 0.15) is 0 Å². The predicted octanol–water partition coefficient (Wildman–Crippen LogP) is 4.82. The molecule has 3 aromatic rings. The number of amides is 1. The second kappa shape index (κ2) is 11.3. The van der Waals surface area contributed by atoms with Gasteiger partial charge in [0.15, 0.2) is 0 Å². The van der Waals surface area contributed by atoms with Gasteiger partial charge >= 0.3 is 0 Å². The van der Waals surface area contributed by atoms with Crippen LogP contribution in [0.25, 0.3) is 16.6 Å². The molecule has 0 bridgehead atoms. The third-order valence-corrected chi connectivity index (χ3v) is 7.33. The van der Waals surface area contributed by atoms with Crippen LogP contribution in [0, 0.1) is 5.92 Å². The molecule has 198 valence electrons. The first-order chi connectivity index (χ1) is 18.4. The van der Waals surface area contributed by atoms with E-state index in [1.165, 1.54) is 0 Å². The standard InChI is InChI=1S/C30H37N7O/c1-5-8-21-16-31-13-14-37(18-21)29(38)20(4)11-12-22(19(2)3)27-17-32-25-15-26(28(25)33-27)36-30-34-23-9-6-7-10-24(23)35-30/h6-7,9-12,17,21,26,31H,2,5,8,13-16,18H2,1,3-4H3,(H2,34,35,36)/b20-11?,22-12+. The lowest BCUT2D eigenvalue weighted by Gasteiger charge is -2.28. The van der Waals surface area contributed by atoms with E-state index >= 15 is 0 Å². The Balaban J connectivity index is 1.32. The van der Waals surface area contributed by atoms with Gasteiger partial charge in [-0.1, -0.05) is 44.2 Å². The molecule has 1 aliphatic carbocycles. The second-order valence-corrected chi connectivity index (χ2v) is 10.4. The van der Waals surface area contributed by atoms with E-state index in [9.17, 15) is 4.79 Å². The van der Waals surface area contributed by atoms with Gasteiger partial charge in [-0.25, -0.2) is 9.97 Å². The van der Waals surface area contributed by atoms with Gasteiger partial charge in [0.2, 0.25) is 11.9 Å². The van der Waals surface area contributed by atoms with Crippen LogP contribution in [0.3, 0.4) is 0 Å². The molecule has 0 radical (unpaired) electrons. The van der Waals surface area contributed by atoms with E-state index in [1.807, 2.05) is 55.2 Å². The summed E-state index contributed by atoms with van der Waals surface area (Å²) >= 11 is 0. The average molecular weight is 512 g/mol. The normalized spacial score (nSPS) is 20.0. The number of H-pyrrole nitrogens is 1. The fourth-order valence-corrected chi connectivity index (χ4v) is 5.21.